The summed E-state index contributed by atoms with van der Waals surface area (Å²) < 4.78 is 0. The van der Waals surface area contributed by atoms with Crippen LogP contribution in [0.25, 0.3) is 0 Å². The molecule has 2 aromatic carbocycles. The molecule has 0 aliphatic carbocycles. The maximum atomic E-state index is 13.7. The van der Waals surface area contributed by atoms with Crippen LogP contribution >= 0.6 is 11.6 Å². The summed E-state index contributed by atoms with van der Waals surface area (Å²) in [6.45, 7) is 3.73. The second-order valence-electron chi connectivity index (χ2n) is 9.04. The van der Waals surface area contributed by atoms with Crippen molar-refractivity contribution in [2.24, 2.45) is 11.8 Å². The van der Waals surface area contributed by atoms with Gasteiger partial charge in [-0.25, -0.2) is 0 Å². The Hall–Kier alpha value is -3.10. The summed E-state index contributed by atoms with van der Waals surface area (Å²) in [5, 5.41) is 26.2. The largest absolute Gasteiger partial charge is 0.504 e. The van der Waals surface area contributed by atoms with E-state index >= 15 is 0 Å². The predicted molar refractivity (Wildman–Crippen MR) is 121 cm³/mol. The van der Waals surface area contributed by atoms with Crippen LogP contribution in [0, 0.1) is 11.8 Å². The first-order valence-corrected chi connectivity index (χ1v) is 11.3. The van der Waals surface area contributed by atoms with Gasteiger partial charge in [0.05, 0.1) is 11.8 Å². The van der Waals surface area contributed by atoms with E-state index < -0.39 is 29.3 Å². The Morgan fingerprint density at radius 3 is 2.55 bits per heavy atom. The summed E-state index contributed by atoms with van der Waals surface area (Å²) in [6.07, 6.45) is 0.871. The zero-order valence-electron chi connectivity index (χ0n) is 18.1. The minimum atomic E-state index is -1.43. The molecule has 0 bridgehead atoms. The molecule has 3 aliphatic rings. The fraction of sp³-hybridized carbons (Fsp3) is 0.375. The highest BCUT2D eigenvalue weighted by Gasteiger charge is 2.70. The number of amides is 3. The number of rotatable bonds is 4. The molecule has 8 nitrogen and oxygen atoms in total. The van der Waals surface area contributed by atoms with E-state index in [1.807, 2.05) is 13.8 Å². The van der Waals surface area contributed by atoms with Gasteiger partial charge in [0, 0.05) is 28.4 Å². The third-order valence-corrected chi connectivity index (χ3v) is 7.47. The van der Waals surface area contributed by atoms with Gasteiger partial charge < -0.3 is 15.5 Å². The lowest BCUT2D eigenvalue weighted by Crippen LogP contribution is -2.54. The molecule has 0 aromatic heterocycles. The lowest BCUT2D eigenvalue weighted by molar-refractivity contribution is -0.145. The minimum Gasteiger partial charge on any atom is -0.504 e. The third-order valence-electron chi connectivity index (χ3n) is 7.24. The van der Waals surface area contributed by atoms with Gasteiger partial charge in [0.25, 0.3) is 0 Å². The van der Waals surface area contributed by atoms with Crippen molar-refractivity contribution < 1.29 is 24.6 Å². The molecule has 5 rings (SSSR count). The Morgan fingerprint density at radius 2 is 1.85 bits per heavy atom. The molecule has 4 N–H and O–H groups in total. The number of carbonyl (C=O) groups is 3. The van der Waals surface area contributed by atoms with Gasteiger partial charge in [-0.1, -0.05) is 24.6 Å². The van der Waals surface area contributed by atoms with Gasteiger partial charge in [0.1, 0.15) is 5.54 Å². The van der Waals surface area contributed by atoms with E-state index in [0.29, 0.717) is 28.3 Å². The van der Waals surface area contributed by atoms with E-state index in [1.165, 1.54) is 17.0 Å². The van der Waals surface area contributed by atoms with E-state index in [1.54, 1.807) is 24.3 Å². The minimum absolute atomic E-state index is 0.249. The summed E-state index contributed by atoms with van der Waals surface area (Å²) in [7, 11) is 0. The molecule has 0 radical (unpaired) electrons. The number of nitrogens with one attached hydrogen (secondary N) is 2. The van der Waals surface area contributed by atoms with Gasteiger partial charge in [-0.2, -0.15) is 0 Å². The highest BCUT2D eigenvalue weighted by Crippen LogP contribution is 2.54. The third kappa shape index (κ3) is 2.97. The number of imide groups is 1. The van der Waals surface area contributed by atoms with Gasteiger partial charge in [-0.05, 0) is 55.7 Å². The summed E-state index contributed by atoms with van der Waals surface area (Å²) in [4.78, 5) is 42.0. The fourth-order valence-corrected chi connectivity index (χ4v) is 5.71. The highest BCUT2D eigenvalue weighted by molar-refractivity contribution is 6.31. The lowest BCUT2D eigenvalue weighted by atomic mass is 9.76. The smallest absolute Gasteiger partial charge is 0.250 e. The second-order valence-corrected chi connectivity index (χ2v) is 9.47. The van der Waals surface area contributed by atoms with Crippen LogP contribution in [0.15, 0.2) is 36.4 Å². The Bertz CT molecular complexity index is 1200. The molecule has 33 heavy (non-hydrogen) atoms. The van der Waals surface area contributed by atoms with Crippen molar-refractivity contribution in [1.29, 1.82) is 0 Å². The number of hydrogen-bond acceptors (Lipinski definition) is 6. The van der Waals surface area contributed by atoms with Crippen molar-refractivity contribution in [3.63, 3.8) is 0 Å². The van der Waals surface area contributed by atoms with E-state index in [9.17, 15) is 24.6 Å². The molecule has 0 unspecified atom stereocenters. The Morgan fingerprint density at radius 1 is 1.09 bits per heavy atom. The molecule has 9 heteroatoms. The second kappa shape index (κ2) is 7.46. The predicted octanol–water partition coefficient (Wildman–Crippen LogP) is 2.51. The van der Waals surface area contributed by atoms with Crippen LogP contribution in [0.1, 0.15) is 31.4 Å². The Balaban J connectivity index is 1.64. The Kier molecular flexibility index (Phi) is 4.91. The molecule has 5 atom stereocenters. The van der Waals surface area contributed by atoms with Crippen LogP contribution in [-0.2, 0) is 26.3 Å². The number of aromatic hydroxyl groups is 2. The van der Waals surface area contributed by atoms with Crippen molar-refractivity contribution in [1.82, 2.24) is 10.2 Å². The average molecular weight is 470 g/mol. The first kappa shape index (κ1) is 21.7. The van der Waals surface area contributed by atoms with Crippen molar-refractivity contribution in [3.05, 3.63) is 52.5 Å². The molecule has 172 valence electrons. The normalized spacial score (nSPS) is 28.9. The van der Waals surface area contributed by atoms with Gasteiger partial charge in [0.15, 0.2) is 11.5 Å². The molecule has 1 spiro atoms. The topological polar surface area (TPSA) is 119 Å². The maximum Gasteiger partial charge on any atom is 0.250 e. The van der Waals surface area contributed by atoms with Crippen LogP contribution in [0.5, 0.6) is 11.5 Å². The molecule has 3 amide bonds. The number of phenols is 2. The number of carbonyl (C=O) groups excluding carboxylic acids is 3. The Labute approximate surface area is 195 Å². The summed E-state index contributed by atoms with van der Waals surface area (Å²) in [5.74, 6) is -3.28. The van der Waals surface area contributed by atoms with E-state index in [2.05, 4.69) is 10.6 Å². The van der Waals surface area contributed by atoms with Crippen LogP contribution in [0.2, 0.25) is 5.02 Å². The number of benzene rings is 2. The van der Waals surface area contributed by atoms with Gasteiger partial charge in [-0.15, -0.1) is 0 Å². The highest BCUT2D eigenvalue weighted by atomic mass is 35.5. The van der Waals surface area contributed by atoms with Crippen molar-refractivity contribution in [2.75, 3.05) is 5.32 Å². The van der Waals surface area contributed by atoms with E-state index in [4.69, 9.17) is 11.6 Å². The van der Waals surface area contributed by atoms with Crippen LogP contribution in [0.3, 0.4) is 0 Å². The van der Waals surface area contributed by atoms with Crippen LogP contribution in [-0.4, -0.2) is 44.9 Å². The fourth-order valence-electron chi connectivity index (χ4n) is 5.54. The maximum absolute atomic E-state index is 13.7. The zero-order valence-corrected chi connectivity index (χ0v) is 18.9. The van der Waals surface area contributed by atoms with E-state index in [-0.39, 0.29) is 35.8 Å². The molecular formula is C24H24ClN3O5. The zero-order chi connectivity index (χ0) is 23.7. The molecular weight excluding hydrogens is 446 g/mol. The summed E-state index contributed by atoms with van der Waals surface area (Å²) in [5.41, 5.74) is 0.341. The number of fused-ring (bicyclic) bond motifs is 4. The number of nitrogens with zero attached hydrogens (tertiary/aromatic N) is 1. The number of halogens is 1. The summed E-state index contributed by atoms with van der Waals surface area (Å²) in [6, 6.07) is 8.60. The average Bonchev–Trinajstić information content (AvgIpc) is 3.35. The van der Waals surface area contributed by atoms with Crippen LogP contribution in [0.4, 0.5) is 5.69 Å². The molecule has 3 aliphatic heterocycles. The SMILES string of the molecule is CC[C@H](C)N1C(=O)[C@H]2[C@@H](C1=O)[C@@]1(N[C@@H]2Cc2ccc(O)c(O)c2)C(=O)Nc2ccc(Cl)cc21. The number of phenolic OH excluding ortho intramolecular Hbond substituents is 2. The monoisotopic (exact) mass is 469 g/mol. The molecule has 3 heterocycles. The molecule has 2 aromatic rings. The number of likely N-dealkylation sites (tertiary alicyclic amines) is 1. The molecule has 0 saturated carbocycles. The lowest BCUT2D eigenvalue weighted by Gasteiger charge is -2.31. The van der Waals surface area contributed by atoms with Crippen molar-refractivity contribution in [3.8, 4) is 11.5 Å². The quantitative estimate of drug-likeness (QED) is 0.403. The van der Waals surface area contributed by atoms with E-state index in [0.717, 1.165) is 0 Å². The standard InChI is InChI=1S/C24H24ClN3O5/c1-3-11(2)28-21(31)19-16(8-12-4-7-17(29)18(30)9-12)27-24(20(19)22(28)32)14-10-13(25)5-6-15(14)26-23(24)33/h4-7,9-11,16,19-20,27,29-30H,3,8H2,1-2H3,(H,26,33)/t11-,16+,19+,20-,24+/m0/s1. The number of anilines is 1. The number of hydrogen-bond donors (Lipinski definition) is 4. The van der Waals surface area contributed by atoms with Gasteiger partial charge in [-0.3, -0.25) is 24.6 Å². The summed E-state index contributed by atoms with van der Waals surface area (Å²) >= 11 is 6.26. The van der Waals surface area contributed by atoms with Crippen molar-refractivity contribution in [2.45, 2.75) is 44.3 Å². The van der Waals surface area contributed by atoms with Gasteiger partial charge >= 0.3 is 0 Å². The molecule has 2 fully saturated rings. The van der Waals surface area contributed by atoms with Gasteiger partial charge in [0.2, 0.25) is 17.7 Å². The van der Waals surface area contributed by atoms with Crippen LogP contribution < -0.4 is 10.6 Å². The first-order chi connectivity index (χ1) is 15.7. The first-order valence-electron chi connectivity index (χ1n) is 11.0. The molecule has 2 saturated heterocycles. The van der Waals surface area contributed by atoms with Crippen molar-refractivity contribution >= 4 is 35.0 Å².